The van der Waals surface area contributed by atoms with Crippen molar-refractivity contribution in [3.05, 3.63) is 47.1 Å². The van der Waals surface area contributed by atoms with E-state index >= 15 is 0 Å². The molecule has 0 radical (unpaired) electrons. The van der Waals surface area contributed by atoms with E-state index in [9.17, 15) is 0 Å². The summed E-state index contributed by atoms with van der Waals surface area (Å²) in [5.41, 5.74) is 2.81. The zero-order valence-electron chi connectivity index (χ0n) is 19.2. The molecule has 0 atom stereocenters. The zero-order valence-corrected chi connectivity index (χ0v) is 21.6. The van der Waals surface area contributed by atoms with Gasteiger partial charge in [0.25, 0.3) is 0 Å². The van der Waals surface area contributed by atoms with E-state index in [-0.39, 0.29) is 29.9 Å². The number of likely N-dealkylation sites (tertiary alicyclic amines) is 1. The second-order valence-corrected chi connectivity index (χ2v) is 8.33. The SMILES string of the molecule is CCNC(=NCCc1nc(C(C)C)no1)NC1CCN(Cc2ccccc2C)CC1.I. The fourth-order valence-electron chi connectivity index (χ4n) is 3.64. The Balaban J connectivity index is 0.00000341. The monoisotopic (exact) mass is 540 g/mol. The molecular weight excluding hydrogens is 503 g/mol. The predicted molar refractivity (Wildman–Crippen MR) is 136 cm³/mol. The Bertz CT molecular complexity index is 814. The lowest BCUT2D eigenvalue weighted by Gasteiger charge is -2.33. The first-order valence-electron chi connectivity index (χ1n) is 11.2. The number of nitrogens with zero attached hydrogens (tertiary/aromatic N) is 4. The summed E-state index contributed by atoms with van der Waals surface area (Å²) < 4.78 is 5.31. The highest BCUT2D eigenvalue weighted by Gasteiger charge is 2.20. The number of halogens is 1. The zero-order chi connectivity index (χ0) is 21.3. The molecule has 1 aliphatic heterocycles. The molecule has 0 bridgehead atoms. The second-order valence-electron chi connectivity index (χ2n) is 8.33. The summed E-state index contributed by atoms with van der Waals surface area (Å²) in [6.45, 7) is 13.1. The smallest absolute Gasteiger partial charge is 0.228 e. The molecule has 8 heteroatoms. The van der Waals surface area contributed by atoms with Crippen LogP contribution in [0.25, 0.3) is 0 Å². The molecule has 2 N–H and O–H groups in total. The Morgan fingerprint density at radius 1 is 1.26 bits per heavy atom. The molecule has 31 heavy (non-hydrogen) atoms. The lowest BCUT2D eigenvalue weighted by Crippen LogP contribution is -2.48. The van der Waals surface area contributed by atoms with Crippen LogP contribution >= 0.6 is 24.0 Å². The fourth-order valence-corrected chi connectivity index (χ4v) is 3.64. The van der Waals surface area contributed by atoms with Crippen LogP contribution in [-0.4, -0.2) is 53.2 Å². The van der Waals surface area contributed by atoms with Gasteiger partial charge in [-0.25, -0.2) is 0 Å². The highest BCUT2D eigenvalue weighted by Crippen LogP contribution is 2.16. The first-order chi connectivity index (χ1) is 14.5. The van der Waals surface area contributed by atoms with Crippen molar-refractivity contribution in [2.24, 2.45) is 4.99 Å². The van der Waals surface area contributed by atoms with Gasteiger partial charge >= 0.3 is 0 Å². The molecule has 1 fully saturated rings. The molecule has 2 heterocycles. The fraction of sp³-hybridized carbons (Fsp3) is 0.609. The number of aliphatic imine (C=N–C) groups is 1. The summed E-state index contributed by atoms with van der Waals surface area (Å²) in [6.07, 6.45) is 2.90. The normalized spacial score (nSPS) is 15.7. The van der Waals surface area contributed by atoms with Crippen molar-refractivity contribution >= 4 is 29.9 Å². The van der Waals surface area contributed by atoms with Crippen molar-refractivity contribution in [3.63, 3.8) is 0 Å². The van der Waals surface area contributed by atoms with Crippen LogP contribution in [0, 0.1) is 6.92 Å². The van der Waals surface area contributed by atoms with Gasteiger partial charge in [0.15, 0.2) is 11.8 Å². The molecule has 0 unspecified atom stereocenters. The summed E-state index contributed by atoms with van der Waals surface area (Å²) in [6, 6.07) is 9.13. The molecule has 1 aromatic carbocycles. The molecular formula is C23H37IN6O. The molecule has 3 rings (SSSR count). The maximum absolute atomic E-state index is 5.31. The lowest BCUT2D eigenvalue weighted by atomic mass is 10.0. The number of nitrogens with one attached hydrogen (secondary N) is 2. The third kappa shape index (κ3) is 8.07. The van der Waals surface area contributed by atoms with Gasteiger partial charge in [0.2, 0.25) is 5.89 Å². The standard InChI is InChI=1S/C23H36N6O.HI/c1-5-24-23(25-13-10-21-27-22(17(2)3)28-30-21)26-20-11-14-29(15-12-20)16-19-9-7-6-8-18(19)4;/h6-9,17,20H,5,10-16H2,1-4H3,(H2,24,25,26);1H. The van der Waals surface area contributed by atoms with E-state index in [4.69, 9.17) is 9.52 Å². The van der Waals surface area contributed by atoms with Gasteiger partial charge in [-0.3, -0.25) is 9.89 Å². The van der Waals surface area contributed by atoms with Crippen molar-refractivity contribution in [2.75, 3.05) is 26.2 Å². The molecule has 2 aromatic rings. The van der Waals surface area contributed by atoms with Crippen LogP contribution in [0.2, 0.25) is 0 Å². The van der Waals surface area contributed by atoms with Gasteiger partial charge in [0.1, 0.15) is 0 Å². The minimum atomic E-state index is 0. The molecule has 0 amide bonds. The van der Waals surface area contributed by atoms with Gasteiger partial charge < -0.3 is 15.2 Å². The van der Waals surface area contributed by atoms with Crippen LogP contribution in [0.3, 0.4) is 0 Å². The number of hydrogen-bond acceptors (Lipinski definition) is 5. The van der Waals surface area contributed by atoms with Crippen LogP contribution in [-0.2, 0) is 13.0 Å². The van der Waals surface area contributed by atoms with Gasteiger partial charge in [-0.1, -0.05) is 43.3 Å². The van der Waals surface area contributed by atoms with Crippen LogP contribution in [0.15, 0.2) is 33.8 Å². The van der Waals surface area contributed by atoms with Crippen LogP contribution < -0.4 is 10.6 Å². The van der Waals surface area contributed by atoms with Gasteiger partial charge in [0.05, 0.1) is 6.54 Å². The van der Waals surface area contributed by atoms with E-state index < -0.39 is 0 Å². The van der Waals surface area contributed by atoms with Crippen LogP contribution in [0.5, 0.6) is 0 Å². The summed E-state index contributed by atoms with van der Waals surface area (Å²) in [5, 5.41) is 11.0. The number of guanidine groups is 1. The van der Waals surface area contributed by atoms with Gasteiger partial charge in [0, 0.05) is 44.6 Å². The van der Waals surface area contributed by atoms with Crippen LogP contribution in [0.4, 0.5) is 0 Å². The van der Waals surface area contributed by atoms with E-state index in [1.807, 2.05) is 0 Å². The molecule has 172 valence electrons. The summed E-state index contributed by atoms with van der Waals surface area (Å²) >= 11 is 0. The summed E-state index contributed by atoms with van der Waals surface area (Å²) in [4.78, 5) is 11.7. The number of piperidine rings is 1. The Morgan fingerprint density at radius 3 is 2.65 bits per heavy atom. The van der Waals surface area contributed by atoms with Crippen molar-refractivity contribution in [1.82, 2.24) is 25.7 Å². The minimum absolute atomic E-state index is 0. The third-order valence-corrected chi connectivity index (χ3v) is 5.52. The predicted octanol–water partition coefficient (Wildman–Crippen LogP) is 3.88. The van der Waals surface area contributed by atoms with Crippen LogP contribution in [0.1, 0.15) is 62.4 Å². The summed E-state index contributed by atoms with van der Waals surface area (Å²) in [7, 11) is 0. The number of benzene rings is 1. The number of rotatable bonds is 8. The van der Waals surface area contributed by atoms with Crippen molar-refractivity contribution < 1.29 is 4.52 Å². The highest BCUT2D eigenvalue weighted by molar-refractivity contribution is 14.0. The Morgan fingerprint density at radius 2 is 2.00 bits per heavy atom. The Labute approximate surface area is 203 Å². The lowest BCUT2D eigenvalue weighted by molar-refractivity contribution is 0.198. The molecule has 0 saturated carbocycles. The molecule has 1 saturated heterocycles. The first-order valence-corrected chi connectivity index (χ1v) is 11.2. The molecule has 7 nitrogen and oxygen atoms in total. The number of aromatic nitrogens is 2. The third-order valence-electron chi connectivity index (χ3n) is 5.52. The first kappa shape index (κ1) is 25.6. The van der Waals surface area contributed by atoms with E-state index in [1.165, 1.54) is 11.1 Å². The summed E-state index contributed by atoms with van der Waals surface area (Å²) in [5.74, 6) is 2.57. The van der Waals surface area contributed by atoms with E-state index in [2.05, 4.69) is 77.6 Å². The largest absolute Gasteiger partial charge is 0.357 e. The average Bonchev–Trinajstić information content (AvgIpc) is 3.21. The topological polar surface area (TPSA) is 78.6 Å². The maximum atomic E-state index is 5.31. The second kappa shape index (κ2) is 13.0. The molecule has 1 aliphatic rings. The van der Waals surface area contributed by atoms with Gasteiger partial charge in [-0.05, 0) is 37.8 Å². The van der Waals surface area contributed by atoms with Gasteiger partial charge in [-0.15, -0.1) is 24.0 Å². The van der Waals surface area contributed by atoms with E-state index in [0.717, 1.165) is 50.8 Å². The molecule has 0 aliphatic carbocycles. The number of hydrogen-bond donors (Lipinski definition) is 2. The highest BCUT2D eigenvalue weighted by atomic mass is 127. The van der Waals surface area contributed by atoms with Crippen molar-refractivity contribution in [3.8, 4) is 0 Å². The maximum Gasteiger partial charge on any atom is 0.228 e. The van der Waals surface area contributed by atoms with E-state index in [0.29, 0.717) is 24.9 Å². The average molecular weight is 540 g/mol. The van der Waals surface area contributed by atoms with E-state index in [1.54, 1.807) is 0 Å². The van der Waals surface area contributed by atoms with Crippen molar-refractivity contribution in [1.29, 1.82) is 0 Å². The Kier molecular flexibility index (Phi) is 10.7. The molecule has 0 spiro atoms. The van der Waals surface area contributed by atoms with Gasteiger partial charge in [-0.2, -0.15) is 4.98 Å². The quantitative estimate of drug-likeness (QED) is 0.301. The Hall–Kier alpha value is -1.68. The molecule has 1 aromatic heterocycles. The minimum Gasteiger partial charge on any atom is -0.357 e. The number of aryl methyl sites for hydroxylation is 1. The van der Waals surface area contributed by atoms with Crippen molar-refractivity contribution in [2.45, 2.75) is 65.5 Å².